The van der Waals surface area contributed by atoms with E-state index in [0.717, 1.165) is 12.0 Å². The van der Waals surface area contributed by atoms with Gasteiger partial charge in [0.1, 0.15) is 5.60 Å². The molecule has 0 aromatic carbocycles. The van der Waals surface area contributed by atoms with E-state index < -0.39 is 29.2 Å². The first-order valence-electron chi connectivity index (χ1n) is 5.47. The number of likely N-dealkylation sites (tertiary alicyclic amines) is 1. The van der Waals surface area contributed by atoms with Gasteiger partial charge in [0.25, 0.3) is 0 Å². The molecule has 18 heavy (non-hydrogen) atoms. The molecule has 0 aliphatic carbocycles. The van der Waals surface area contributed by atoms with E-state index in [4.69, 9.17) is 9.84 Å². The van der Waals surface area contributed by atoms with E-state index >= 15 is 0 Å². The van der Waals surface area contributed by atoms with Crippen LogP contribution in [0.4, 0.5) is 4.79 Å². The molecular formula is C11H17NO6. The number of hydrogen-bond acceptors (Lipinski definition) is 5. The molecule has 1 fully saturated rings. The van der Waals surface area contributed by atoms with Gasteiger partial charge in [-0.25, -0.2) is 14.4 Å². The third kappa shape index (κ3) is 2.25. The van der Waals surface area contributed by atoms with Crippen molar-refractivity contribution in [3.63, 3.8) is 0 Å². The number of aliphatic carboxylic acids is 1. The van der Waals surface area contributed by atoms with Crippen molar-refractivity contribution < 1.29 is 29.0 Å². The first kappa shape index (κ1) is 14.3. The van der Waals surface area contributed by atoms with E-state index in [1.165, 1.54) is 0 Å². The molecule has 1 aliphatic rings. The van der Waals surface area contributed by atoms with Crippen LogP contribution in [-0.4, -0.2) is 52.8 Å². The summed E-state index contributed by atoms with van der Waals surface area (Å²) < 4.78 is 9.52. The molecule has 102 valence electrons. The molecule has 1 amide bonds. The standard InChI is InChI=1S/C11H17NO6/c1-10(2,3)18-9(16)12-6-5-11(12,7(13)14)8(15)17-4/h5-6H2,1-4H3,(H,13,14). The molecule has 0 aromatic rings. The molecule has 1 atom stereocenters. The highest BCUT2D eigenvalue weighted by Crippen LogP contribution is 2.33. The minimum absolute atomic E-state index is 0.0221. The van der Waals surface area contributed by atoms with Crippen molar-refractivity contribution >= 4 is 18.0 Å². The zero-order valence-electron chi connectivity index (χ0n) is 10.8. The van der Waals surface area contributed by atoms with Gasteiger partial charge in [-0.1, -0.05) is 0 Å². The highest BCUT2D eigenvalue weighted by molar-refractivity contribution is 6.07. The minimum Gasteiger partial charge on any atom is -0.479 e. The fraction of sp³-hybridized carbons (Fsp3) is 0.727. The molecule has 0 spiro atoms. The van der Waals surface area contributed by atoms with E-state index in [-0.39, 0.29) is 13.0 Å². The summed E-state index contributed by atoms with van der Waals surface area (Å²) in [6.07, 6.45) is -0.810. The Morgan fingerprint density at radius 1 is 1.28 bits per heavy atom. The number of esters is 1. The second-order valence-electron chi connectivity index (χ2n) is 5.04. The molecule has 7 nitrogen and oxygen atoms in total. The Labute approximate surface area is 105 Å². The van der Waals surface area contributed by atoms with Crippen LogP contribution in [0, 0.1) is 0 Å². The third-order valence-electron chi connectivity index (χ3n) is 2.65. The molecule has 1 rings (SSSR count). The van der Waals surface area contributed by atoms with Crippen molar-refractivity contribution in [2.24, 2.45) is 0 Å². The Bertz CT molecular complexity index is 385. The van der Waals surface area contributed by atoms with Gasteiger partial charge in [-0.2, -0.15) is 0 Å². The third-order valence-corrected chi connectivity index (χ3v) is 2.65. The van der Waals surface area contributed by atoms with Crippen molar-refractivity contribution in [3.8, 4) is 0 Å². The van der Waals surface area contributed by atoms with Crippen LogP contribution in [-0.2, 0) is 19.1 Å². The number of carboxylic acid groups (broad SMARTS) is 1. The van der Waals surface area contributed by atoms with Gasteiger partial charge < -0.3 is 14.6 Å². The van der Waals surface area contributed by atoms with Gasteiger partial charge in [0.15, 0.2) is 0 Å². The lowest BCUT2D eigenvalue weighted by molar-refractivity contribution is -0.179. The molecular weight excluding hydrogens is 242 g/mol. The van der Waals surface area contributed by atoms with Gasteiger partial charge >= 0.3 is 18.0 Å². The van der Waals surface area contributed by atoms with Crippen LogP contribution in [0.2, 0.25) is 0 Å². The molecule has 0 bridgehead atoms. The van der Waals surface area contributed by atoms with Crippen LogP contribution in [0.5, 0.6) is 0 Å². The van der Waals surface area contributed by atoms with Gasteiger partial charge in [-0.15, -0.1) is 0 Å². The molecule has 1 N–H and O–H groups in total. The second-order valence-corrected chi connectivity index (χ2v) is 5.04. The fourth-order valence-corrected chi connectivity index (χ4v) is 1.70. The predicted octanol–water partition coefficient (Wildman–Crippen LogP) is 0.624. The summed E-state index contributed by atoms with van der Waals surface area (Å²) in [5.41, 5.74) is -2.70. The molecule has 0 aromatic heterocycles. The summed E-state index contributed by atoms with van der Waals surface area (Å²) in [5, 5.41) is 9.15. The summed E-state index contributed by atoms with van der Waals surface area (Å²) in [7, 11) is 1.08. The Kier molecular flexibility index (Phi) is 3.54. The van der Waals surface area contributed by atoms with Crippen LogP contribution in [0.3, 0.4) is 0 Å². The van der Waals surface area contributed by atoms with E-state index in [2.05, 4.69) is 4.74 Å². The lowest BCUT2D eigenvalue weighted by atomic mass is 9.85. The smallest absolute Gasteiger partial charge is 0.411 e. The number of carbonyl (C=O) groups is 3. The largest absolute Gasteiger partial charge is 0.479 e. The van der Waals surface area contributed by atoms with E-state index in [9.17, 15) is 14.4 Å². The first-order valence-corrected chi connectivity index (χ1v) is 5.47. The average molecular weight is 259 g/mol. The van der Waals surface area contributed by atoms with E-state index in [1.807, 2.05) is 0 Å². The van der Waals surface area contributed by atoms with E-state index in [0.29, 0.717) is 0 Å². The summed E-state index contributed by atoms with van der Waals surface area (Å²) >= 11 is 0. The topological polar surface area (TPSA) is 93.1 Å². The zero-order chi connectivity index (χ0) is 14.1. The Hall–Kier alpha value is -1.79. The molecule has 7 heteroatoms. The van der Waals surface area contributed by atoms with Crippen LogP contribution >= 0.6 is 0 Å². The summed E-state index contributed by atoms with van der Waals surface area (Å²) in [6.45, 7) is 5.12. The fourth-order valence-electron chi connectivity index (χ4n) is 1.70. The Morgan fingerprint density at radius 2 is 1.83 bits per heavy atom. The molecule has 1 unspecified atom stereocenters. The minimum atomic E-state index is -1.95. The quantitative estimate of drug-likeness (QED) is 0.577. The summed E-state index contributed by atoms with van der Waals surface area (Å²) in [4.78, 5) is 35.5. The average Bonchev–Trinajstić information content (AvgIpc) is 2.12. The Morgan fingerprint density at radius 3 is 2.11 bits per heavy atom. The van der Waals surface area contributed by atoms with Crippen molar-refractivity contribution in [2.45, 2.75) is 38.3 Å². The highest BCUT2D eigenvalue weighted by atomic mass is 16.6. The zero-order valence-corrected chi connectivity index (χ0v) is 10.8. The number of rotatable bonds is 2. The molecule has 0 radical (unpaired) electrons. The number of amides is 1. The van der Waals surface area contributed by atoms with Gasteiger partial charge in [-0.3, -0.25) is 4.90 Å². The van der Waals surface area contributed by atoms with Crippen LogP contribution in [0.25, 0.3) is 0 Å². The van der Waals surface area contributed by atoms with E-state index in [1.54, 1.807) is 20.8 Å². The monoisotopic (exact) mass is 259 g/mol. The van der Waals surface area contributed by atoms with Crippen molar-refractivity contribution in [1.82, 2.24) is 4.90 Å². The van der Waals surface area contributed by atoms with Crippen LogP contribution in [0.15, 0.2) is 0 Å². The van der Waals surface area contributed by atoms with Gasteiger partial charge in [0, 0.05) is 13.0 Å². The Balaban J connectivity index is 2.94. The summed E-state index contributed by atoms with van der Waals surface area (Å²) in [6, 6.07) is 0. The number of carboxylic acids is 1. The number of ether oxygens (including phenoxy) is 2. The first-order chi connectivity index (χ1) is 8.15. The second kappa shape index (κ2) is 4.47. The SMILES string of the molecule is COC(=O)C1(C(=O)O)CCN1C(=O)OC(C)(C)C. The number of nitrogens with zero attached hydrogens (tertiary/aromatic N) is 1. The predicted molar refractivity (Wildman–Crippen MR) is 59.9 cm³/mol. The molecule has 0 saturated carbocycles. The van der Waals surface area contributed by atoms with Crippen molar-refractivity contribution in [1.29, 1.82) is 0 Å². The maximum atomic E-state index is 11.8. The van der Waals surface area contributed by atoms with Crippen molar-refractivity contribution in [2.75, 3.05) is 13.7 Å². The van der Waals surface area contributed by atoms with Gasteiger partial charge in [-0.05, 0) is 20.8 Å². The number of methoxy groups -OCH3 is 1. The highest BCUT2D eigenvalue weighted by Gasteiger charge is 2.62. The normalized spacial score (nSPS) is 23.0. The maximum absolute atomic E-state index is 11.8. The van der Waals surface area contributed by atoms with Gasteiger partial charge in [0.2, 0.25) is 5.54 Å². The molecule has 1 aliphatic heterocycles. The van der Waals surface area contributed by atoms with Crippen LogP contribution in [0.1, 0.15) is 27.2 Å². The maximum Gasteiger partial charge on any atom is 0.411 e. The van der Waals surface area contributed by atoms with Crippen molar-refractivity contribution in [3.05, 3.63) is 0 Å². The number of carbonyl (C=O) groups excluding carboxylic acids is 2. The summed E-state index contributed by atoms with van der Waals surface area (Å²) in [5.74, 6) is -2.38. The van der Waals surface area contributed by atoms with Gasteiger partial charge in [0.05, 0.1) is 7.11 Å². The lowest BCUT2D eigenvalue weighted by Gasteiger charge is -2.46. The molecule has 1 heterocycles. The number of hydrogen-bond donors (Lipinski definition) is 1. The van der Waals surface area contributed by atoms with Crippen LogP contribution < -0.4 is 0 Å². The molecule has 1 saturated heterocycles. The lowest BCUT2D eigenvalue weighted by Crippen LogP contribution is -2.71.